The third kappa shape index (κ3) is 4.01. The molecule has 126 valence electrons. The minimum Gasteiger partial charge on any atom is -0.376 e. The van der Waals surface area contributed by atoms with Crippen LogP contribution in [0.15, 0.2) is 36.5 Å². The molecule has 1 aromatic carbocycles. The zero-order valence-electron chi connectivity index (χ0n) is 12.9. The van der Waals surface area contributed by atoms with Crippen LogP contribution in [0.2, 0.25) is 5.02 Å². The molecule has 2 N–H and O–H groups in total. The van der Waals surface area contributed by atoms with Crippen molar-refractivity contribution in [1.82, 2.24) is 4.98 Å². The second-order valence-corrected chi connectivity index (χ2v) is 5.91. The topological polar surface area (TPSA) is 63.2 Å². The van der Waals surface area contributed by atoms with Gasteiger partial charge in [-0.05, 0) is 37.1 Å². The average molecular weight is 350 g/mol. The Hall–Kier alpha value is -2.18. The van der Waals surface area contributed by atoms with E-state index in [0.29, 0.717) is 18.1 Å². The lowest BCUT2D eigenvalue weighted by Gasteiger charge is -2.12. The van der Waals surface area contributed by atoms with Crippen molar-refractivity contribution in [2.24, 2.45) is 0 Å². The number of benzene rings is 1. The van der Waals surface area contributed by atoms with Crippen LogP contribution in [0.3, 0.4) is 0 Å². The maximum absolute atomic E-state index is 13.7. The number of halogens is 2. The molecule has 3 rings (SSSR count). The number of carbonyl (C=O) groups is 1. The Labute approximate surface area is 144 Å². The number of pyridine rings is 1. The number of rotatable bonds is 5. The second-order valence-electron chi connectivity index (χ2n) is 5.50. The van der Waals surface area contributed by atoms with E-state index in [1.165, 1.54) is 24.4 Å². The SMILES string of the molecule is O=C(Nc1ccc(NCC2CCCO2)nc1)c1c(F)cccc1Cl. The molecule has 1 fully saturated rings. The molecule has 7 heteroatoms. The van der Waals surface area contributed by atoms with Crippen LogP contribution < -0.4 is 10.6 Å². The Kier molecular flexibility index (Phi) is 5.27. The van der Waals surface area contributed by atoms with Crippen LogP contribution in [0.1, 0.15) is 23.2 Å². The number of nitrogens with one attached hydrogen (secondary N) is 2. The van der Waals surface area contributed by atoms with Crippen molar-refractivity contribution in [2.45, 2.75) is 18.9 Å². The van der Waals surface area contributed by atoms with Gasteiger partial charge in [0.1, 0.15) is 11.6 Å². The zero-order chi connectivity index (χ0) is 16.9. The summed E-state index contributed by atoms with van der Waals surface area (Å²) >= 11 is 5.88. The van der Waals surface area contributed by atoms with Crippen LogP contribution in [-0.2, 0) is 4.74 Å². The van der Waals surface area contributed by atoms with Crippen LogP contribution in [0, 0.1) is 5.82 Å². The number of aromatic nitrogens is 1. The van der Waals surface area contributed by atoms with Crippen molar-refractivity contribution in [3.63, 3.8) is 0 Å². The van der Waals surface area contributed by atoms with E-state index >= 15 is 0 Å². The number of hydrogen-bond donors (Lipinski definition) is 2. The molecule has 1 atom stereocenters. The molecular formula is C17H17ClFN3O2. The summed E-state index contributed by atoms with van der Waals surface area (Å²) < 4.78 is 19.3. The fourth-order valence-electron chi connectivity index (χ4n) is 2.50. The molecule has 5 nitrogen and oxygen atoms in total. The number of anilines is 2. The van der Waals surface area contributed by atoms with Crippen molar-refractivity contribution >= 4 is 29.0 Å². The van der Waals surface area contributed by atoms with Crippen LogP contribution in [-0.4, -0.2) is 30.1 Å². The maximum Gasteiger partial charge on any atom is 0.260 e. The molecule has 0 saturated carbocycles. The first-order valence-corrected chi connectivity index (χ1v) is 8.08. The van der Waals surface area contributed by atoms with Gasteiger partial charge < -0.3 is 15.4 Å². The van der Waals surface area contributed by atoms with E-state index in [2.05, 4.69) is 15.6 Å². The predicted molar refractivity (Wildman–Crippen MR) is 91.1 cm³/mol. The first-order valence-electron chi connectivity index (χ1n) is 7.70. The molecule has 0 aliphatic carbocycles. The van der Waals surface area contributed by atoms with Gasteiger partial charge in [-0.1, -0.05) is 17.7 Å². The molecule has 1 unspecified atom stereocenters. The summed E-state index contributed by atoms with van der Waals surface area (Å²) in [5.41, 5.74) is 0.279. The highest BCUT2D eigenvalue weighted by atomic mass is 35.5. The van der Waals surface area contributed by atoms with Crippen LogP contribution in [0.5, 0.6) is 0 Å². The summed E-state index contributed by atoms with van der Waals surface area (Å²) in [4.78, 5) is 16.4. The highest BCUT2D eigenvalue weighted by molar-refractivity contribution is 6.34. The first kappa shape index (κ1) is 16.7. The molecule has 0 radical (unpaired) electrons. The van der Waals surface area contributed by atoms with Gasteiger partial charge in [-0.3, -0.25) is 4.79 Å². The van der Waals surface area contributed by atoms with Crippen molar-refractivity contribution < 1.29 is 13.9 Å². The highest BCUT2D eigenvalue weighted by Crippen LogP contribution is 2.21. The number of nitrogens with zero attached hydrogens (tertiary/aromatic N) is 1. The molecule has 1 aromatic heterocycles. The summed E-state index contributed by atoms with van der Waals surface area (Å²) in [5.74, 6) is -0.588. The number of amides is 1. The Morgan fingerprint density at radius 3 is 2.92 bits per heavy atom. The Balaban J connectivity index is 1.60. The molecule has 24 heavy (non-hydrogen) atoms. The second kappa shape index (κ2) is 7.59. The third-order valence-corrected chi connectivity index (χ3v) is 4.06. The minimum absolute atomic E-state index is 0.0651. The lowest BCUT2D eigenvalue weighted by molar-refractivity contribution is 0.102. The molecule has 1 amide bonds. The standard InChI is InChI=1S/C17H17ClFN3O2/c18-13-4-1-5-14(19)16(13)17(23)22-11-6-7-15(20-9-11)21-10-12-3-2-8-24-12/h1,4-7,9,12H,2-3,8,10H2,(H,20,21)(H,22,23). The smallest absolute Gasteiger partial charge is 0.260 e. The largest absolute Gasteiger partial charge is 0.376 e. The van der Waals surface area contributed by atoms with Crippen LogP contribution in [0.25, 0.3) is 0 Å². The minimum atomic E-state index is -0.664. The lowest BCUT2D eigenvalue weighted by atomic mass is 10.2. The number of ether oxygens (including phenoxy) is 1. The molecule has 1 aliphatic heterocycles. The van der Waals surface area contributed by atoms with Gasteiger partial charge in [-0.15, -0.1) is 0 Å². The van der Waals surface area contributed by atoms with Gasteiger partial charge in [0.15, 0.2) is 0 Å². The van der Waals surface area contributed by atoms with E-state index in [1.54, 1.807) is 12.1 Å². The lowest BCUT2D eigenvalue weighted by Crippen LogP contribution is -2.19. The van der Waals surface area contributed by atoms with E-state index in [0.717, 1.165) is 19.4 Å². The fraction of sp³-hybridized carbons (Fsp3) is 0.294. The van der Waals surface area contributed by atoms with E-state index < -0.39 is 11.7 Å². The molecule has 1 saturated heterocycles. The number of hydrogen-bond acceptors (Lipinski definition) is 4. The van der Waals surface area contributed by atoms with Gasteiger partial charge in [0.05, 0.1) is 28.6 Å². The van der Waals surface area contributed by atoms with Gasteiger partial charge in [0, 0.05) is 13.2 Å². The summed E-state index contributed by atoms with van der Waals surface area (Å²) in [7, 11) is 0. The van der Waals surface area contributed by atoms with Crippen molar-refractivity contribution in [1.29, 1.82) is 0 Å². The highest BCUT2D eigenvalue weighted by Gasteiger charge is 2.17. The number of carbonyl (C=O) groups excluding carboxylic acids is 1. The molecule has 0 spiro atoms. The van der Waals surface area contributed by atoms with Crippen LogP contribution in [0.4, 0.5) is 15.9 Å². The van der Waals surface area contributed by atoms with Crippen molar-refractivity contribution in [3.05, 3.63) is 52.9 Å². The maximum atomic E-state index is 13.7. The Bertz CT molecular complexity index is 698. The van der Waals surface area contributed by atoms with Crippen molar-refractivity contribution in [3.8, 4) is 0 Å². The molecule has 0 bridgehead atoms. The Morgan fingerprint density at radius 1 is 1.38 bits per heavy atom. The van der Waals surface area contributed by atoms with Crippen LogP contribution >= 0.6 is 11.6 Å². The van der Waals surface area contributed by atoms with Gasteiger partial charge in [0.25, 0.3) is 5.91 Å². The van der Waals surface area contributed by atoms with E-state index in [-0.39, 0.29) is 16.7 Å². The fourth-order valence-corrected chi connectivity index (χ4v) is 2.75. The monoisotopic (exact) mass is 349 g/mol. The Morgan fingerprint density at radius 2 is 2.25 bits per heavy atom. The van der Waals surface area contributed by atoms with E-state index in [4.69, 9.17) is 16.3 Å². The molecule has 2 heterocycles. The third-order valence-electron chi connectivity index (χ3n) is 3.75. The predicted octanol–water partition coefficient (Wildman–Crippen LogP) is 3.72. The first-order chi connectivity index (χ1) is 11.6. The molecular weight excluding hydrogens is 333 g/mol. The summed E-state index contributed by atoms with van der Waals surface area (Å²) in [6.45, 7) is 1.51. The quantitative estimate of drug-likeness (QED) is 0.863. The van der Waals surface area contributed by atoms with Gasteiger partial charge >= 0.3 is 0 Å². The summed E-state index contributed by atoms with van der Waals surface area (Å²) in [5, 5.41) is 5.84. The van der Waals surface area contributed by atoms with Gasteiger partial charge in [-0.25, -0.2) is 9.37 Å². The zero-order valence-corrected chi connectivity index (χ0v) is 13.6. The average Bonchev–Trinajstić information content (AvgIpc) is 3.07. The summed E-state index contributed by atoms with van der Waals surface area (Å²) in [6, 6.07) is 7.54. The van der Waals surface area contributed by atoms with Crippen molar-refractivity contribution in [2.75, 3.05) is 23.8 Å². The summed E-state index contributed by atoms with van der Waals surface area (Å²) in [6.07, 6.45) is 3.85. The van der Waals surface area contributed by atoms with E-state index in [9.17, 15) is 9.18 Å². The van der Waals surface area contributed by atoms with E-state index in [1.807, 2.05) is 0 Å². The van der Waals surface area contributed by atoms with Gasteiger partial charge in [0.2, 0.25) is 0 Å². The van der Waals surface area contributed by atoms with Gasteiger partial charge in [-0.2, -0.15) is 0 Å². The molecule has 1 aliphatic rings. The molecule has 2 aromatic rings. The normalized spacial score (nSPS) is 16.8.